The third-order valence-electron chi connectivity index (χ3n) is 4.49. The quantitative estimate of drug-likeness (QED) is 0.811. The average molecular weight is 373 g/mol. The second-order valence-corrected chi connectivity index (χ2v) is 8.11. The predicted molar refractivity (Wildman–Crippen MR) is 91.2 cm³/mol. The van der Waals surface area contributed by atoms with Crippen molar-refractivity contribution in [1.82, 2.24) is 13.9 Å². The zero-order chi connectivity index (χ0) is 17.9. The van der Waals surface area contributed by atoms with Crippen molar-refractivity contribution >= 4 is 10.2 Å². The van der Waals surface area contributed by atoms with E-state index < -0.39 is 28.2 Å². The Morgan fingerprint density at radius 1 is 1.28 bits per heavy atom. The molecule has 3 rings (SSSR count). The van der Waals surface area contributed by atoms with Gasteiger partial charge in [-0.2, -0.15) is 17.4 Å². The summed E-state index contributed by atoms with van der Waals surface area (Å²) in [5, 5.41) is 0. The van der Waals surface area contributed by atoms with E-state index in [1.54, 1.807) is 12.1 Å². The van der Waals surface area contributed by atoms with Crippen molar-refractivity contribution in [2.75, 3.05) is 46.4 Å². The molecule has 1 aromatic carbocycles. The van der Waals surface area contributed by atoms with Gasteiger partial charge in [0.2, 0.25) is 0 Å². The van der Waals surface area contributed by atoms with Crippen LogP contribution >= 0.6 is 0 Å². The first-order valence-electron chi connectivity index (χ1n) is 8.40. The summed E-state index contributed by atoms with van der Waals surface area (Å²) in [5.74, 6) is -0.0388. The molecule has 2 saturated heterocycles. The summed E-state index contributed by atoms with van der Waals surface area (Å²) in [4.78, 5) is 2.09. The number of ether oxygens (including phenoxy) is 2. The fraction of sp³-hybridized carbons (Fsp3) is 0.625. The number of nitrogens with zero attached hydrogens (tertiary/aromatic N) is 2. The first-order chi connectivity index (χ1) is 11.9. The Labute approximate surface area is 147 Å². The molecule has 1 N–H and O–H groups in total. The van der Waals surface area contributed by atoms with Crippen LogP contribution in [0.15, 0.2) is 24.3 Å². The Morgan fingerprint density at radius 3 is 2.76 bits per heavy atom. The summed E-state index contributed by atoms with van der Waals surface area (Å²) < 4.78 is 54.0. The molecule has 2 aliphatic heterocycles. The maximum Gasteiger partial charge on any atom is 0.279 e. The van der Waals surface area contributed by atoms with Crippen molar-refractivity contribution in [2.24, 2.45) is 0 Å². The van der Waals surface area contributed by atoms with Gasteiger partial charge in [0.05, 0.1) is 12.6 Å². The monoisotopic (exact) mass is 373 g/mol. The Morgan fingerprint density at radius 2 is 2.04 bits per heavy atom. The van der Waals surface area contributed by atoms with E-state index in [2.05, 4.69) is 9.62 Å². The summed E-state index contributed by atoms with van der Waals surface area (Å²) >= 11 is 0. The van der Waals surface area contributed by atoms with Gasteiger partial charge in [0.15, 0.2) is 0 Å². The maximum atomic E-state index is 13.3. The van der Waals surface area contributed by atoms with Crippen molar-refractivity contribution in [3.05, 3.63) is 30.1 Å². The largest absolute Gasteiger partial charge is 0.486 e. The molecule has 25 heavy (non-hydrogen) atoms. The van der Waals surface area contributed by atoms with Gasteiger partial charge in [-0.15, -0.1) is 0 Å². The fourth-order valence-corrected chi connectivity index (χ4v) is 4.42. The summed E-state index contributed by atoms with van der Waals surface area (Å²) in [7, 11) is -1.62. The van der Waals surface area contributed by atoms with E-state index in [9.17, 15) is 12.8 Å². The zero-order valence-corrected chi connectivity index (χ0v) is 15.0. The Kier molecular flexibility index (Phi) is 5.90. The molecule has 0 aliphatic carbocycles. The van der Waals surface area contributed by atoms with Gasteiger partial charge in [0.25, 0.3) is 10.2 Å². The molecule has 0 unspecified atom stereocenters. The topological polar surface area (TPSA) is 71.1 Å². The second kappa shape index (κ2) is 7.96. The standard InChI is InChI=1S/C16H24FN3O4S/c1-19-6-8-20(9-7-19)25(21,22)18-15-5-10-23-12-16(15)24-14-4-2-3-13(17)11-14/h2-4,11,15-16,18H,5-10,12H2,1H3/t15-,16-/m1/s1. The molecular formula is C16H24FN3O4S. The van der Waals surface area contributed by atoms with Crippen molar-refractivity contribution < 1.29 is 22.3 Å². The van der Waals surface area contributed by atoms with E-state index in [0.29, 0.717) is 45.0 Å². The summed E-state index contributed by atoms with van der Waals surface area (Å²) in [6, 6.07) is 5.39. The number of nitrogens with one attached hydrogen (secondary N) is 1. The molecule has 7 nitrogen and oxygen atoms in total. The summed E-state index contributed by atoms with van der Waals surface area (Å²) in [5.41, 5.74) is 0. The molecule has 2 atom stereocenters. The second-order valence-electron chi connectivity index (χ2n) is 6.41. The number of piperazine rings is 1. The highest BCUT2D eigenvalue weighted by Gasteiger charge is 2.34. The molecule has 140 valence electrons. The van der Waals surface area contributed by atoms with E-state index in [1.165, 1.54) is 16.4 Å². The molecule has 2 heterocycles. The van der Waals surface area contributed by atoms with Crippen molar-refractivity contribution in [3.63, 3.8) is 0 Å². The number of hydrogen-bond acceptors (Lipinski definition) is 5. The molecule has 0 amide bonds. The van der Waals surface area contributed by atoms with Crippen molar-refractivity contribution in [1.29, 1.82) is 0 Å². The molecule has 1 aromatic rings. The average Bonchev–Trinajstić information content (AvgIpc) is 2.57. The third kappa shape index (κ3) is 4.89. The maximum absolute atomic E-state index is 13.3. The van der Waals surface area contributed by atoms with Gasteiger partial charge in [0, 0.05) is 38.9 Å². The molecule has 0 saturated carbocycles. The first-order valence-corrected chi connectivity index (χ1v) is 9.84. The van der Waals surface area contributed by atoms with Crippen LogP contribution in [0.25, 0.3) is 0 Å². The van der Waals surface area contributed by atoms with Gasteiger partial charge >= 0.3 is 0 Å². The minimum atomic E-state index is -3.59. The summed E-state index contributed by atoms with van der Waals surface area (Å²) in [6.45, 7) is 3.05. The number of rotatable bonds is 5. The highest BCUT2D eigenvalue weighted by molar-refractivity contribution is 7.87. The van der Waals surface area contributed by atoms with Crippen molar-refractivity contribution in [2.45, 2.75) is 18.6 Å². The van der Waals surface area contributed by atoms with E-state index in [1.807, 2.05) is 7.05 Å². The SMILES string of the molecule is CN1CCN(S(=O)(=O)N[C@@H]2CCOC[C@H]2Oc2cccc(F)c2)CC1. The smallest absolute Gasteiger partial charge is 0.279 e. The van der Waals surface area contributed by atoms with Gasteiger partial charge in [-0.25, -0.2) is 4.39 Å². The highest BCUT2D eigenvalue weighted by Crippen LogP contribution is 2.20. The molecule has 0 radical (unpaired) electrons. The van der Waals surface area contributed by atoms with Gasteiger partial charge < -0.3 is 14.4 Å². The Bertz CT molecular complexity index is 680. The van der Waals surface area contributed by atoms with Crippen LogP contribution in [0.2, 0.25) is 0 Å². The van der Waals surface area contributed by atoms with Crippen molar-refractivity contribution in [3.8, 4) is 5.75 Å². The van der Waals surface area contributed by atoms with Gasteiger partial charge in [0.1, 0.15) is 17.7 Å². The van der Waals surface area contributed by atoms with Crippen LogP contribution in [0.5, 0.6) is 5.75 Å². The number of halogens is 1. The fourth-order valence-electron chi connectivity index (χ4n) is 2.97. The molecule has 0 spiro atoms. The lowest BCUT2D eigenvalue weighted by atomic mass is 10.1. The van der Waals surface area contributed by atoms with Crippen LogP contribution in [-0.4, -0.2) is 76.2 Å². The third-order valence-corrected chi connectivity index (χ3v) is 6.14. The van der Waals surface area contributed by atoms with Crippen LogP contribution in [0.1, 0.15) is 6.42 Å². The Balaban J connectivity index is 1.66. The van der Waals surface area contributed by atoms with Gasteiger partial charge in [-0.05, 0) is 25.6 Å². The van der Waals surface area contributed by atoms with E-state index in [4.69, 9.17) is 9.47 Å². The van der Waals surface area contributed by atoms with Crippen LogP contribution in [0.4, 0.5) is 4.39 Å². The van der Waals surface area contributed by atoms with E-state index in [-0.39, 0.29) is 6.61 Å². The lowest BCUT2D eigenvalue weighted by Gasteiger charge is -2.36. The van der Waals surface area contributed by atoms with Gasteiger partial charge in [-0.3, -0.25) is 0 Å². The van der Waals surface area contributed by atoms with E-state index >= 15 is 0 Å². The Hall–Kier alpha value is -1.26. The normalized spacial score (nSPS) is 26.5. The molecule has 9 heteroatoms. The molecule has 2 aliphatic rings. The van der Waals surface area contributed by atoms with E-state index in [0.717, 1.165) is 0 Å². The molecule has 0 aromatic heterocycles. The van der Waals surface area contributed by atoms with Crippen LogP contribution in [-0.2, 0) is 14.9 Å². The zero-order valence-electron chi connectivity index (χ0n) is 14.2. The minimum absolute atomic E-state index is 0.256. The lowest BCUT2D eigenvalue weighted by molar-refractivity contribution is -0.00980. The van der Waals surface area contributed by atoms with Crippen LogP contribution in [0.3, 0.4) is 0 Å². The molecular weight excluding hydrogens is 349 g/mol. The number of hydrogen-bond donors (Lipinski definition) is 1. The minimum Gasteiger partial charge on any atom is -0.486 e. The summed E-state index contributed by atoms with van der Waals surface area (Å²) in [6.07, 6.45) is 0.00485. The highest BCUT2D eigenvalue weighted by atomic mass is 32.2. The van der Waals surface area contributed by atoms with Crippen LogP contribution in [0, 0.1) is 5.82 Å². The van der Waals surface area contributed by atoms with Crippen LogP contribution < -0.4 is 9.46 Å². The first kappa shape index (κ1) is 18.5. The lowest BCUT2D eigenvalue weighted by Crippen LogP contribution is -2.57. The molecule has 0 bridgehead atoms. The van der Waals surface area contributed by atoms with Gasteiger partial charge in [-0.1, -0.05) is 6.07 Å². The number of benzene rings is 1. The molecule has 2 fully saturated rings. The predicted octanol–water partition coefficient (Wildman–Crippen LogP) is 0.444. The number of likely N-dealkylation sites (N-methyl/N-ethyl adjacent to an activating group) is 1.